The van der Waals surface area contributed by atoms with Gasteiger partial charge in [0.25, 0.3) is 0 Å². The summed E-state index contributed by atoms with van der Waals surface area (Å²) >= 11 is 0. The molecule has 0 aliphatic carbocycles. The molecule has 35 heavy (non-hydrogen) atoms. The first kappa shape index (κ1) is 23.9. The van der Waals surface area contributed by atoms with E-state index in [1.165, 1.54) is 13.1 Å². The average Bonchev–Trinajstić information content (AvgIpc) is 3.29. The van der Waals surface area contributed by atoms with Gasteiger partial charge in [-0.05, 0) is 76.1 Å². The molecule has 1 aromatic carbocycles. The van der Waals surface area contributed by atoms with Gasteiger partial charge < -0.3 is 4.90 Å². The third-order valence-corrected chi connectivity index (χ3v) is 7.77. The van der Waals surface area contributed by atoms with E-state index in [4.69, 9.17) is 4.98 Å². The molecule has 2 aliphatic rings. The number of hydrogen-bond donors (Lipinski definition) is 0. The van der Waals surface area contributed by atoms with Crippen LogP contribution in [0.25, 0.3) is 11.3 Å². The topological polar surface area (TPSA) is 50.1 Å². The summed E-state index contributed by atoms with van der Waals surface area (Å²) in [4.78, 5) is 14.1. The van der Waals surface area contributed by atoms with Crippen molar-refractivity contribution in [2.24, 2.45) is 5.41 Å². The highest BCUT2D eigenvalue weighted by atomic mass is 19.1. The minimum absolute atomic E-state index is 0.151. The van der Waals surface area contributed by atoms with E-state index >= 15 is 4.39 Å². The first-order valence-electron chi connectivity index (χ1n) is 12.9. The minimum atomic E-state index is -0.151. The van der Waals surface area contributed by atoms with Crippen LogP contribution in [0.2, 0.25) is 0 Å². The Hall–Kier alpha value is -2.80. The lowest BCUT2D eigenvalue weighted by Crippen LogP contribution is -2.62. The van der Waals surface area contributed by atoms with Gasteiger partial charge >= 0.3 is 0 Å². The molecule has 0 amide bonds. The molecule has 0 radical (unpaired) electrons. The Morgan fingerprint density at radius 1 is 1.03 bits per heavy atom. The van der Waals surface area contributed by atoms with Crippen molar-refractivity contribution in [1.29, 1.82) is 0 Å². The Labute approximate surface area is 208 Å². The maximum absolute atomic E-state index is 15.2. The van der Waals surface area contributed by atoms with Crippen LogP contribution in [0.3, 0.4) is 0 Å². The maximum atomic E-state index is 15.2. The predicted molar refractivity (Wildman–Crippen MR) is 138 cm³/mol. The van der Waals surface area contributed by atoms with E-state index in [1.807, 2.05) is 42.3 Å². The van der Waals surface area contributed by atoms with Gasteiger partial charge in [0.15, 0.2) is 0 Å². The number of anilines is 1. The first-order chi connectivity index (χ1) is 16.7. The molecule has 0 atom stereocenters. The van der Waals surface area contributed by atoms with Crippen LogP contribution < -0.4 is 4.90 Å². The van der Waals surface area contributed by atoms with Gasteiger partial charge in [-0.3, -0.25) is 9.58 Å². The summed E-state index contributed by atoms with van der Waals surface area (Å²) in [6, 6.07) is 6.52. The Balaban J connectivity index is 1.26. The Morgan fingerprint density at radius 2 is 1.77 bits per heavy atom. The molecule has 5 rings (SSSR count). The van der Waals surface area contributed by atoms with Crippen molar-refractivity contribution < 1.29 is 4.39 Å². The van der Waals surface area contributed by atoms with Crippen LogP contribution in [0.1, 0.15) is 63.5 Å². The summed E-state index contributed by atoms with van der Waals surface area (Å²) in [5, 5.41) is 4.44. The molecule has 0 bridgehead atoms. The number of aryl methyl sites for hydroxylation is 1. The summed E-state index contributed by atoms with van der Waals surface area (Å²) in [7, 11) is 0. The van der Waals surface area contributed by atoms with Gasteiger partial charge in [0.1, 0.15) is 11.6 Å². The quantitative estimate of drug-likeness (QED) is 0.485. The Morgan fingerprint density at radius 3 is 2.40 bits per heavy atom. The van der Waals surface area contributed by atoms with Crippen molar-refractivity contribution in [3.63, 3.8) is 0 Å². The SMILES string of the molecule is Cc1cnc(Cc2ccc(N3CCC4(CC3)CN(C(C)C)C4)c(F)c2)nc1-c1cnn(C(C)C)c1. The maximum Gasteiger partial charge on any atom is 0.146 e. The molecule has 3 aromatic rings. The van der Waals surface area contributed by atoms with Crippen molar-refractivity contribution in [1.82, 2.24) is 24.6 Å². The zero-order valence-electron chi connectivity index (χ0n) is 21.6. The number of benzene rings is 1. The summed E-state index contributed by atoms with van der Waals surface area (Å²) in [6.07, 6.45) is 8.50. The highest BCUT2D eigenvalue weighted by molar-refractivity contribution is 5.60. The number of halogens is 1. The average molecular weight is 477 g/mol. The number of likely N-dealkylation sites (tertiary alicyclic amines) is 1. The zero-order valence-corrected chi connectivity index (χ0v) is 21.6. The van der Waals surface area contributed by atoms with E-state index in [2.05, 4.69) is 47.6 Å². The molecule has 0 saturated carbocycles. The van der Waals surface area contributed by atoms with Gasteiger partial charge in [0.05, 0.1) is 17.6 Å². The van der Waals surface area contributed by atoms with Gasteiger partial charge in [-0.25, -0.2) is 14.4 Å². The van der Waals surface area contributed by atoms with Gasteiger partial charge in [0.2, 0.25) is 0 Å². The zero-order chi connectivity index (χ0) is 24.7. The molecule has 4 heterocycles. The van der Waals surface area contributed by atoms with Crippen LogP contribution in [0.15, 0.2) is 36.8 Å². The number of piperidine rings is 1. The fourth-order valence-electron chi connectivity index (χ4n) is 5.42. The number of nitrogens with zero attached hydrogens (tertiary/aromatic N) is 6. The molecule has 7 heteroatoms. The lowest BCUT2D eigenvalue weighted by Gasteiger charge is -2.56. The second-order valence-electron chi connectivity index (χ2n) is 11.1. The lowest BCUT2D eigenvalue weighted by molar-refractivity contribution is -0.0381. The predicted octanol–water partition coefficient (Wildman–Crippen LogP) is 5.27. The summed E-state index contributed by atoms with van der Waals surface area (Å²) < 4.78 is 17.1. The van der Waals surface area contributed by atoms with Crippen LogP contribution in [0.4, 0.5) is 10.1 Å². The number of aromatic nitrogens is 4. The van der Waals surface area contributed by atoms with Gasteiger partial charge in [-0.1, -0.05) is 6.07 Å². The van der Waals surface area contributed by atoms with Gasteiger partial charge in [-0.2, -0.15) is 5.10 Å². The standard InChI is InChI=1S/C28H37FN6/c1-19(2)34-17-28(18-34)8-10-33(11-9-28)25-7-6-22(12-24(25)29)13-26-30-14-21(5)27(32-26)23-15-31-35(16-23)20(3)4/h6-7,12,14-16,19-20H,8-11,13,17-18H2,1-5H3. The highest BCUT2D eigenvalue weighted by Gasteiger charge is 2.45. The molecule has 2 saturated heterocycles. The summed E-state index contributed by atoms with van der Waals surface area (Å²) in [5.41, 5.74) is 4.92. The number of hydrogen-bond acceptors (Lipinski definition) is 5. The van der Waals surface area contributed by atoms with Crippen LogP contribution in [0, 0.1) is 18.2 Å². The van der Waals surface area contributed by atoms with E-state index in [0.717, 1.165) is 54.0 Å². The summed E-state index contributed by atoms with van der Waals surface area (Å²) in [6.45, 7) is 15.0. The van der Waals surface area contributed by atoms with Crippen LogP contribution >= 0.6 is 0 Å². The highest BCUT2D eigenvalue weighted by Crippen LogP contribution is 2.42. The molecular weight excluding hydrogens is 439 g/mol. The molecule has 186 valence electrons. The van der Waals surface area contributed by atoms with Crippen LogP contribution in [-0.2, 0) is 6.42 Å². The Kier molecular flexibility index (Phi) is 6.38. The molecule has 0 unspecified atom stereocenters. The van der Waals surface area contributed by atoms with E-state index in [-0.39, 0.29) is 5.82 Å². The van der Waals surface area contributed by atoms with Crippen molar-refractivity contribution in [3.05, 3.63) is 59.6 Å². The largest absolute Gasteiger partial charge is 0.369 e. The molecule has 2 fully saturated rings. The fraction of sp³-hybridized carbons (Fsp3) is 0.536. The van der Waals surface area contributed by atoms with E-state index in [1.54, 1.807) is 6.07 Å². The van der Waals surface area contributed by atoms with E-state index in [9.17, 15) is 0 Å². The molecule has 0 N–H and O–H groups in total. The summed E-state index contributed by atoms with van der Waals surface area (Å²) in [5.74, 6) is 0.538. The van der Waals surface area contributed by atoms with Crippen molar-refractivity contribution in [2.75, 3.05) is 31.1 Å². The third kappa shape index (κ3) is 4.83. The second-order valence-corrected chi connectivity index (χ2v) is 11.1. The molecule has 2 aromatic heterocycles. The van der Waals surface area contributed by atoms with Gasteiger partial charge in [0, 0.05) is 62.6 Å². The van der Waals surface area contributed by atoms with Crippen molar-refractivity contribution >= 4 is 5.69 Å². The molecule has 1 spiro atoms. The molecule has 6 nitrogen and oxygen atoms in total. The third-order valence-electron chi connectivity index (χ3n) is 7.77. The number of rotatable bonds is 6. The van der Waals surface area contributed by atoms with Crippen LogP contribution in [0.5, 0.6) is 0 Å². The van der Waals surface area contributed by atoms with Crippen molar-refractivity contribution in [2.45, 2.75) is 66.0 Å². The second kappa shape index (κ2) is 9.34. The molecular formula is C28H37FN6. The van der Waals surface area contributed by atoms with Crippen LogP contribution in [-0.4, -0.2) is 56.9 Å². The monoisotopic (exact) mass is 476 g/mol. The minimum Gasteiger partial charge on any atom is -0.369 e. The van der Waals surface area contributed by atoms with E-state index < -0.39 is 0 Å². The smallest absolute Gasteiger partial charge is 0.146 e. The fourth-order valence-corrected chi connectivity index (χ4v) is 5.42. The normalized spacial score (nSPS) is 18.0. The first-order valence-corrected chi connectivity index (χ1v) is 12.9. The Bertz CT molecular complexity index is 1180. The van der Waals surface area contributed by atoms with Gasteiger partial charge in [-0.15, -0.1) is 0 Å². The lowest BCUT2D eigenvalue weighted by atomic mass is 9.71. The van der Waals surface area contributed by atoms with E-state index in [0.29, 0.717) is 29.7 Å². The van der Waals surface area contributed by atoms with Crippen molar-refractivity contribution in [3.8, 4) is 11.3 Å². The molecule has 2 aliphatic heterocycles.